The third-order valence-corrected chi connectivity index (χ3v) is 1.61. The molecule has 1 aliphatic carbocycles. The normalized spacial score (nSPS) is 16.5. The van der Waals surface area contributed by atoms with Gasteiger partial charge in [0.15, 0.2) is 0 Å². The van der Waals surface area contributed by atoms with Crippen LogP contribution in [0.25, 0.3) is 0 Å². The first-order valence-electron chi connectivity index (χ1n) is 3.28. The standard InChI is InChI=1S/C8H14N.Ti/c1-9(2,3)8-6-4-5-7-8;/h4-6H,7H2,1-3H3;/q+1;. The second-order valence-electron chi connectivity index (χ2n) is 3.30. The van der Waals surface area contributed by atoms with Gasteiger partial charge >= 0.3 is 0 Å². The van der Waals surface area contributed by atoms with E-state index < -0.39 is 0 Å². The average Bonchev–Trinajstić information content (AvgIpc) is 2.08. The zero-order chi connectivity index (χ0) is 6.91. The van der Waals surface area contributed by atoms with Crippen LogP contribution in [0.1, 0.15) is 6.42 Å². The summed E-state index contributed by atoms with van der Waals surface area (Å²) in [6.45, 7) is 0. The van der Waals surface area contributed by atoms with Gasteiger partial charge in [0.25, 0.3) is 0 Å². The molecule has 0 saturated carbocycles. The van der Waals surface area contributed by atoms with E-state index in [1.54, 1.807) is 0 Å². The molecule has 0 atom stereocenters. The molecule has 0 N–H and O–H groups in total. The van der Waals surface area contributed by atoms with Crippen molar-refractivity contribution in [2.75, 3.05) is 21.1 Å². The van der Waals surface area contributed by atoms with Crippen molar-refractivity contribution in [2.45, 2.75) is 6.42 Å². The van der Waals surface area contributed by atoms with E-state index in [0.717, 1.165) is 10.9 Å². The number of hydrogen-bond donors (Lipinski definition) is 0. The zero-order valence-corrected chi connectivity index (χ0v) is 8.45. The van der Waals surface area contributed by atoms with E-state index in [0.29, 0.717) is 0 Å². The Morgan fingerprint density at radius 1 is 1.30 bits per heavy atom. The molecule has 54 valence electrons. The molecule has 0 amide bonds. The minimum Gasteiger partial charge on any atom is -0.302 e. The van der Waals surface area contributed by atoms with Crippen LogP contribution < -0.4 is 0 Å². The molecule has 1 rings (SSSR count). The topological polar surface area (TPSA) is 0 Å². The van der Waals surface area contributed by atoms with Gasteiger partial charge in [-0.15, -0.1) is 0 Å². The first-order valence-corrected chi connectivity index (χ1v) is 3.28. The van der Waals surface area contributed by atoms with Crippen molar-refractivity contribution in [3.05, 3.63) is 23.9 Å². The van der Waals surface area contributed by atoms with Crippen LogP contribution in [0.3, 0.4) is 0 Å². The number of rotatable bonds is 1. The first-order chi connectivity index (χ1) is 4.11. The van der Waals surface area contributed by atoms with Crippen LogP contribution in [0.4, 0.5) is 0 Å². The molecular formula is C8H14NTi+. The predicted octanol–water partition coefficient (Wildman–Crippen LogP) is 1.53. The smallest absolute Gasteiger partial charge is 0.112 e. The summed E-state index contributed by atoms with van der Waals surface area (Å²) < 4.78 is 0.965. The van der Waals surface area contributed by atoms with Gasteiger partial charge in [-0.1, -0.05) is 12.2 Å². The van der Waals surface area contributed by atoms with Gasteiger partial charge < -0.3 is 4.48 Å². The summed E-state index contributed by atoms with van der Waals surface area (Å²) in [5.74, 6) is 0. The molecule has 0 bridgehead atoms. The van der Waals surface area contributed by atoms with E-state index in [4.69, 9.17) is 0 Å². The molecular weight excluding hydrogens is 158 g/mol. The monoisotopic (exact) mass is 172 g/mol. The summed E-state index contributed by atoms with van der Waals surface area (Å²) >= 11 is 0. The molecule has 0 spiro atoms. The third-order valence-electron chi connectivity index (χ3n) is 1.61. The number of nitrogens with zero attached hydrogens (tertiary/aromatic N) is 1. The van der Waals surface area contributed by atoms with Crippen LogP contribution in [0.15, 0.2) is 23.9 Å². The molecule has 0 aromatic carbocycles. The van der Waals surface area contributed by atoms with Crippen LogP contribution >= 0.6 is 0 Å². The van der Waals surface area contributed by atoms with Crippen LogP contribution in [-0.2, 0) is 21.7 Å². The molecule has 0 aromatic heterocycles. The Kier molecular flexibility index (Phi) is 3.57. The molecule has 0 saturated heterocycles. The summed E-state index contributed by atoms with van der Waals surface area (Å²) in [4.78, 5) is 0. The summed E-state index contributed by atoms with van der Waals surface area (Å²) in [6.07, 6.45) is 7.64. The summed E-state index contributed by atoms with van der Waals surface area (Å²) in [5, 5.41) is 0. The molecule has 0 radical (unpaired) electrons. The quantitative estimate of drug-likeness (QED) is 0.415. The predicted molar refractivity (Wildman–Crippen MR) is 39.9 cm³/mol. The van der Waals surface area contributed by atoms with Gasteiger partial charge in [0.1, 0.15) is 5.70 Å². The van der Waals surface area contributed by atoms with E-state index >= 15 is 0 Å². The molecule has 0 fully saturated rings. The van der Waals surface area contributed by atoms with Crippen LogP contribution in [0, 0.1) is 0 Å². The van der Waals surface area contributed by atoms with E-state index in [1.807, 2.05) is 0 Å². The van der Waals surface area contributed by atoms with Gasteiger partial charge in [-0.2, -0.15) is 0 Å². The third kappa shape index (κ3) is 2.41. The van der Waals surface area contributed by atoms with Gasteiger partial charge in [0.2, 0.25) is 0 Å². The molecule has 10 heavy (non-hydrogen) atoms. The Morgan fingerprint density at radius 3 is 2.10 bits per heavy atom. The Hall–Kier alpha value is 0.154. The van der Waals surface area contributed by atoms with E-state index in [2.05, 4.69) is 39.4 Å². The summed E-state index contributed by atoms with van der Waals surface area (Å²) in [6, 6.07) is 0. The van der Waals surface area contributed by atoms with Crippen molar-refractivity contribution in [2.24, 2.45) is 0 Å². The second-order valence-corrected chi connectivity index (χ2v) is 3.30. The fraction of sp³-hybridized carbons (Fsp3) is 0.500. The van der Waals surface area contributed by atoms with E-state index in [9.17, 15) is 0 Å². The van der Waals surface area contributed by atoms with Crippen molar-refractivity contribution in [3.8, 4) is 0 Å². The fourth-order valence-corrected chi connectivity index (χ4v) is 0.933. The minimum atomic E-state index is 0. The maximum atomic E-state index is 2.19. The Labute approximate surface area is 77.9 Å². The van der Waals surface area contributed by atoms with Gasteiger partial charge in [-0.25, -0.2) is 0 Å². The molecule has 0 aliphatic heterocycles. The number of hydrogen-bond acceptors (Lipinski definition) is 0. The van der Waals surface area contributed by atoms with Gasteiger partial charge in [0.05, 0.1) is 21.1 Å². The summed E-state index contributed by atoms with van der Waals surface area (Å²) in [7, 11) is 6.58. The Morgan fingerprint density at radius 2 is 1.90 bits per heavy atom. The molecule has 0 aromatic rings. The molecule has 0 unspecified atom stereocenters. The maximum Gasteiger partial charge on any atom is 0.112 e. The molecule has 1 nitrogen and oxygen atoms in total. The van der Waals surface area contributed by atoms with Gasteiger partial charge in [0, 0.05) is 28.1 Å². The Bertz CT molecular complexity index is 163. The van der Waals surface area contributed by atoms with E-state index in [1.165, 1.54) is 5.70 Å². The molecule has 2 heteroatoms. The largest absolute Gasteiger partial charge is 0.302 e. The first kappa shape index (κ1) is 10.2. The van der Waals surface area contributed by atoms with Gasteiger partial charge in [-0.05, 0) is 6.08 Å². The maximum absolute atomic E-state index is 2.19. The molecule has 0 heterocycles. The fourth-order valence-electron chi connectivity index (χ4n) is 0.933. The van der Waals surface area contributed by atoms with E-state index in [-0.39, 0.29) is 21.7 Å². The van der Waals surface area contributed by atoms with Crippen LogP contribution in [0.2, 0.25) is 0 Å². The molecule has 1 aliphatic rings. The van der Waals surface area contributed by atoms with Crippen molar-refractivity contribution in [1.29, 1.82) is 0 Å². The Balaban J connectivity index is 0.000000810. The van der Waals surface area contributed by atoms with Crippen LogP contribution in [-0.4, -0.2) is 25.6 Å². The van der Waals surface area contributed by atoms with Crippen LogP contribution in [0.5, 0.6) is 0 Å². The van der Waals surface area contributed by atoms with Gasteiger partial charge in [-0.3, -0.25) is 0 Å². The average molecular weight is 172 g/mol. The van der Waals surface area contributed by atoms with Crippen molar-refractivity contribution in [3.63, 3.8) is 0 Å². The summed E-state index contributed by atoms with van der Waals surface area (Å²) in [5.41, 5.74) is 1.48. The SMILES string of the molecule is C[N+](C)(C)C1=CC=CC1.[Ti]. The second kappa shape index (κ2) is 3.52. The number of quaternary nitrogens is 1. The van der Waals surface area contributed by atoms with Crippen molar-refractivity contribution >= 4 is 0 Å². The number of allylic oxidation sites excluding steroid dienone is 3. The minimum absolute atomic E-state index is 0. The van der Waals surface area contributed by atoms with Crippen molar-refractivity contribution in [1.82, 2.24) is 0 Å². The van der Waals surface area contributed by atoms with Crippen molar-refractivity contribution < 1.29 is 26.2 Å². The zero-order valence-electron chi connectivity index (χ0n) is 6.89.